The van der Waals surface area contributed by atoms with E-state index in [4.69, 9.17) is 5.26 Å². The van der Waals surface area contributed by atoms with Gasteiger partial charge in [0.15, 0.2) is 0 Å². The molecule has 0 aromatic heterocycles. The minimum Gasteiger partial charge on any atom is -0.346 e. The van der Waals surface area contributed by atoms with Crippen LogP contribution in [0.2, 0.25) is 0 Å². The smallest absolute Gasteiger partial charge is 0.346 e. The van der Waals surface area contributed by atoms with Crippen molar-refractivity contribution in [2.75, 3.05) is 0 Å². The first kappa shape index (κ1) is 14.8. The molecule has 0 radical (unpaired) electrons. The van der Waals surface area contributed by atoms with Gasteiger partial charge in [-0.3, -0.25) is 4.89 Å². The van der Waals surface area contributed by atoms with Gasteiger partial charge in [0, 0.05) is 15.1 Å². The van der Waals surface area contributed by atoms with Gasteiger partial charge >= 0.3 is 12.3 Å². The number of carbonyl (C=O) groups excluding carboxylic acids is 2. The van der Waals surface area contributed by atoms with Crippen LogP contribution in [0.15, 0.2) is 0 Å². The fourth-order valence-electron chi connectivity index (χ4n) is 1.38. The molecule has 0 spiro atoms. The van der Waals surface area contributed by atoms with Crippen molar-refractivity contribution in [1.82, 2.24) is 0 Å². The van der Waals surface area contributed by atoms with Crippen molar-refractivity contribution < 1.29 is 28.7 Å². The number of hydrogen-bond donors (Lipinski definition) is 1. The summed E-state index contributed by atoms with van der Waals surface area (Å²) in [5.74, 6) is 0. The second kappa shape index (κ2) is 8.78. The highest BCUT2D eigenvalue weighted by Crippen LogP contribution is 2.42. The van der Waals surface area contributed by atoms with Crippen molar-refractivity contribution in [3.63, 3.8) is 0 Å². The highest BCUT2D eigenvalue weighted by atomic mass is 33.5. The Labute approximate surface area is 110 Å². The van der Waals surface area contributed by atoms with Gasteiger partial charge in [0.05, 0.1) is 0 Å². The molecular weight excluding hydrogens is 288 g/mol. The summed E-state index contributed by atoms with van der Waals surface area (Å²) >= 11 is 0.823. The Kier molecular flexibility index (Phi) is 7.65. The van der Waals surface area contributed by atoms with E-state index < -0.39 is 12.3 Å². The van der Waals surface area contributed by atoms with Crippen LogP contribution in [0.5, 0.6) is 0 Å². The first-order valence-electron chi connectivity index (χ1n) is 4.96. The molecule has 0 bridgehead atoms. The third-order valence-corrected chi connectivity index (χ3v) is 5.81. The molecule has 9 heteroatoms. The van der Waals surface area contributed by atoms with Gasteiger partial charge in [-0.25, -0.2) is 9.59 Å². The molecule has 1 aliphatic rings. The predicted octanol–water partition coefficient (Wildman–Crippen LogP) is 4.03. The van der Waals surface area contributed by atoms with Crippen LogP contribution in [0, 0.1) is 0 Å². The number of rotatable bonds is 4. The highest BCUT2D eigenvalue weighted by molar-refractivity contribution is 9.08. The van der Waals surface area contributed by atoms with Crippen molar-refractivity contribution in [3.8, 4) is 0 Å². The lowest BCUT2D eigenvalue weighted by Gasteiger charge is -2.19. The summed E-state index contributed by atoms with van der Waals surface area (Å²) < 4.78 is 8.37. The average molecular weight is 300 g/mol. The number of hydrogen-bond acceptors (Lipinski definition) is 9. The second-order valence-electron chi connectivity index (χ2n) is 3.27. The van der Waals surface area contributed by atoms with Crippen LogP contribution < -0.4 is 0 Å². The van der Waals surface area contributed by atoms with Crippen molar-refractivity contribution >= 4 is 44.0 Å². The zero-order chi connectivity index (χ0) is 12.5. The van der Waals surface area contributed by atoms with Gasteiger partial charge in [-0.1, -0.05) is 30.1 Å². The number of ether oxygens (including phenoxy) is 1. The minimum atomic E-state index is -1.51. The molecule has 17 heavy (non-hydrogen) atoms. The van der Waals surface area contributed by atoms with Crippen molar-refractivity contribution in [1.29, 1.82) is 0 Å². The van der Waals surface area contributed by atoms with E-state index in [1.54, 1.807) is 10.8 Å². The average Bonchev–Trinajstić information content (AvgIpc) is 2.36. The molecule has 0 amide bonds. The Hall–Kier alpha value is -0.250. The molecule has 1 fully saturated rings. The minimum absolute atomic E-state index is 0.586. The lowest BCUT2D eigenvalue weighted by atomic mass is 10.0. The van der Waals surface area contributed by atoms with Gasteiger partial charge in [0.2, 0.25) is 0 Å². The monoisotopic (exact) mass is 300 g/mol. The Morgan fingerprint density at radius 3 is 2.47 bits per heavy atom. The molecule has 1 aliphatic carbocycles. The molecule has 0 aromatic carbocycles. The first-order valence-corrected chi connectivity index (χ1v) is 8.43. The van der Waals surface area contributed by atoms with E-state index in [2.05, 4.69) is 13.8 Å². The summed E-state index contributed by atoms with van der Waals surface area (Å²) in [7, 11) is 2.96. The fraction of sp³-hybridized carbons (Fsp3) is 0.750. The second-order valence-corrected chi connectivity index (χ2v) is 7.19. The Morgan fingerprint density at radius 1 is 1.12 bits per heavy atom. The van der Waals surface area contributed by atoms with Gasteiger partial charge in [0.25, 0.3) is 0 Å². The van der Waals surface area contributed by atoms with Crippen molar-refractivity contribution in [3.05, 3.63) is 0 Å². The van der Waals surface area contributed by atoms with E-state index in [-0.39, 0.29) is 0 Å². The van der Waals surface area contributed by atoms with E-state index in [1.807, 2.05) is 0 Å². The summed E-state index contributed by atoms with van der Waals surface area (Å²) in [5, 5.41) is 8.41. The van der Waals surface area contributed by atoms with E-state index in [1.165, 1.54) is 41.9 Å². The molecule has 1 saturated carbocycles. The quantitative estimate of drug-likeness (QED) is 0.157. The summed E-state index contributed by atoms with van der Waals surface area (Å²) in [6, 6.07) is 0. The topological polar surface area (TPSA) is 82.1 Å². The molecule has 0 unspecified atom stereocenters. The van der Waals surface area contributed by atoms with E-state index in [0.717, 1.165) is 11.1 Å². The third kappa shape index (κ3) is 6.92. The van der Waals surface area contributed by atoms with Gasteiger partial charge in [0.1, 0.15) is 11.1 Å². The fourth-order valence-corrected chi connectivity index (χ4v) is 4.96. The molecule has 1 rings (SSSR count). The predicted molar refractivity (Wildman–Crippen MR) is 66.3 cm³/mol. The van der Waals surface area contributed by atoms with Crippen LogP contribution in [-0.2, 0) is 13.8 Å². The third-order valence-electron chi connectivity index (χ3n) is 2.10. The Balaban J connectivity index is 1.99. The maximum atomic E-state index is 10.8. The first-order chi connectivity index (χ1) is 8.22. The van der Waals surface area contributed by atoms with Gasteiger partial charge in [-0.2, -0.15) is 5.26 Å². The lowest BCUT2D eigenvalue weighted by molar-refractivity contribution is -0.195. The van der Waals surface area contributed by atoms with Crippen LogP contribution in [0.25, 0.3) is 0 Å². The molecule has 1 N–H and O–H groups in total. The van der Waals surface area contributed by atoms with Gasteiger partial charge in [-0.05, 0) is 12.8 Å². The van der Waals surface area contributed by atoms with Gasteiger partial charge < -0.3 is 8.92 Å². The van der Waals surface area contributed by atoms with Crippen LogP contribution in [0.4, 0.5) is 9.59 Å². The van der Waals surface area contributed by atoms with E-state index >= 15 is 0 Å². The summed E-state index contributed by atoms with van der Waals surface area (Å²) in [4.78, 5) is 24.2. The number of carbonyl (C=O) groups is 2. The molecule has 98 valence electrons. The zero-order valence-electron chi connectivity index (χ0n) is 8.83. The van der Waals surface area contributed by atoms with E-state index in [9.17, 15) is 9.59 Å². The highest BCUT2D eigenvalue weighted by Gasteiger charge is 2.17. The van der Waals surface area contributed by atoms with Crippen LogP contribution in [0.3, 0.4) is 0 Å². The molecule has 0 atom stereocenters. The maximum absolute atomic E-state index is 10.8. The Bertz CT molecular complexity index is 256. The SMILES string of the molecule is O=C(OO)OC(=O)OSSSC1CCCCC1. The molecule has 6 nitrogen and oxygen atoms in total. The van der Waals surface area contributed by atoms with Crippen molar-refractivity contribution in [2.45, 2.75) is 37.4 Å². The standard InChI is InChI=1S/C8H12O6S3/c9-7(13-11)12-8(10)14-16-17-15-6-4-2-1-3-5-6/h6,11H,1-5H2. The van der Waals surface area contributed by atoms with Crippen LogP contribution in [0.1, 0.15) is 32.1 Å². The summed E-state index contributed by atoms with van der Waals surface area (Å²) in [6.07, 6.45) is 3.41. The van der Waals surface area contributed by atoms with Crippen molar-refractivity contribution in [2.24, 2.45) is 0 Å². The largest absolute Gasteiger partial charge is 0.550 e. The summed E-state index contributed by atoms with van der Waals surface area (Å²) in [6.45, 7) is 0. The lowest BCUT2D eigenvalue weighted by Crippen LogP contribution is -2.10. The molecule has 0 aliphatic heterocycles. The normalized spacial score (nSPS) is 16.3. The van der Waals surface area contributed by atoms with E-state index in [0.29, 0.717) is 5.25 Å². The molecule has 0 heterocycles. The maximum Gasteiger partial charge on any atom is 0.550 e. The van der Waals surface area contributed by atoms with Crippen LogP contribution in [-0.4, -0.2) is 22.8 Å². The Morgan fingerprint density at radius 2 is 1.82 bits per heavy atom. The zero-order valence-corrected chi connectivity index (χ0v) is 11.3. The molecular formula is C8H12O6S3. The van der Waals surface area contributed by atoms with Gasteiger partial charge in [-0.15, -0.1) is 0 Å². The van der Waals surface area contributed by atoms with Crippen LogP contribution >= 0.6 is 31.7 Å². The molecule has 0 saturated heterocycles. The molecule has 0 aromatic rings. The summed E-state index contributed by atoms with van der Waals surface area (Å²) in [5.41, 5.74) is 0.